The maximum Gasteiger partial charge on any atom is 0.223 e. The number of hydrogen-bond acceptors (Lipinski definition) is 5. The summed E-state index contributed by atoms with van der Waals surface area (Å²) < 4.78 is 5.57. The van der Waals surface area contributed by atoms with Crippen LogP contribution in [0.2, 0.25) is 5.02 Å². The van der Waals surface area contributed by atoms with Crippen molar-refractivity contribution in [3.05, 3.63) is 29.0 Å². The van der Waals surface area contributed by atoms with Crippen molar-refractivity contribution in [3.8, 4) is 17.1 Å². The second-order valence-corrected chi connectivity index (χ2v) is 4.78. The number of rotatable bonds is 3. The Morgan fingerprint density at radius 3 is 2.53 bits per heavy atom. The minimum Gasteiger partial charge on any atom is -0.489 e. The molecule has 0 amide bonds. The Kier molecular flexibility index (Phi) is 3.85. The lowest BCUT2D eigenvalue weighted by molar-refractivity contribution is 0.242. The number of ether oxygens (including phenoxy) is 1. The van der Waals surface area contributed by atoms with E-state index >= 15 is 0 Å². The van der Waals surface area contributed by atoms with Crippen LogP contribution in [0.3, 0.4) is 0 Å². The van der Waals surface area contributed by atoms with E-state index in [0.29, 0.717) is 22.4 Å². The summed E-state index contributed by atoms with van der Waals surface area (Å²) in [4.78, 5) is 12.3. The average Bonchev–Trinajstić information content (AvgIpc) is 2.30. The highest BCUT2D eigenvalue weighted by Gasteiger charge is 2.09. The van der Waals surface area contributed by atoms with Crippen molar-refractivity contribution in [1.82, 2.24) is 15.0 Å². The van der Waals surface area contributed by atoms with Gasteiger partial charge in [-0.05, 0) is 39.0 Å². The van der Waals surface area contributed by atoms with Crippen LogP contribution in [-0.4, -0.2) is 21.1 Å². The predicted octanol–water partition coefficient (Wildman–Crippen LogP) is 2.87. The molecule has 1 aromatic carbocycles. The minimum atomic E-state index is 0.0680. The first-order chi connectivity index (χ1) is 8.95. The molecule has 0 unspecified atom stereocenters. The normalized spacial score (nSPS) is 10.8. The van der Waals surface area contributed by atoms with Gasteiger partial charge in [-0.2, -0.15) is 9.97 Å². The molecule has 2 rings (SSSR count). The van der Waals surface area contributed by atoms with Crippen LogP contribution in [0.5, 0.6) is 5.75 Å². The van der Waals surface area contributed by atoms with Gasteiger partial charge in [0.1, 0.15) is 11.6 Å². The second kappa shape index (κ2) is 5.40. The standard InChI is InChI=1S/C13H15ClN4O/c1-7(2)19-11-5-4-9(6-10(11)14)12-16-8(3)17-13(15)18-12/h4-7H,1-3H3,(H2,15,16,17,18). The summed E-state index contributed by atoms with van der Waals surface area (Å²) in [7, 11) is 0. The summed E-state index contributed by atoms with van der Waals surface area (Å²) in [5.41, 5.74) is 6.39. The number of halogens is 1. The molecule has 0 atom stereocenters. The van der Waals surface area contributed by atoms with Crippen LogP contribution in [0.1, 0.15) is 19.7 Å². The summed E-state index contributed by atoms with van der Waals surface area (Å²) in [5.74, 6) is 1.91. The monoisotopic (exact) mass is 278 g/mol. The SMILES string of the molecule is Cc1nc(N)nc(-c2ccc(OC(C)C)c(Cl)c2)n1. The minimum absolute atomic E-state index is 0.0680. The number of aryl methyl sites for hydroxylation is 1. The number of nitrogens with two attached hydrogens (primary N) is 1. The molecular formula is C13H15ClN4O. The van der Waals surface area contributed by atoms with Crippen LogP contribution in [0, 0.1) is 6.92 Å². The first kappa shape index (κ1) is 13.5. The zero-order valence-electron chi connectivity index (χ0n) is 11.0. The van der Waals surface area contributed by atoms with Gasteiger partial charge in [0.15, 0.2) is 5.82 Å². The van der Waals surface area contributed by atoms with Gasteiger partial charge in [-0.25, -0.2) is 4.98 Å². The van der Waals surface area contributed by atoms with Crippen LogP contribution < -0.4 is 10.5 Å². The summed E-state index contributed by atoms with van der Waals surface area (Å²) in [6.45, 7) is 5.65. The Morgan fingerprint density at radius 2 is 1.95 bits per heavy atom. The molecule has 2 aromatic rings. The molecule has 100 valence electrons. The number of anilines is 1. The number of hydrogen-bond donors (Lipinski definition) is 1. The maximum atomic E-state index is 6.18. The molecule has 1 aromatic heterocycles. The molecule has 0 fully saturated rings. The molecule has 1 heterocycles. The van der Waals surface area contributed by atoms with Crippen molar-refractivity contribution < 1.29 is 4.74 Å². The third-order valence-corrected chi connectivity index (χ3v) is 2.61. The number of nitrogen functional groups attached to an aromatic ring is 1. The molecule has 2 N–H and O–H groups in total. The van der Waals surface area contributed by atoms with E-state index < -0.39 is 0 Å². The molecule has 0 saturated heterocycles. The van der Waals surface area contributed by atoms with Gasteiger partial charge < -0.3 is 10.5 Å². The van der Waals surface area contributed by atoms with E-state index in [9.17, 15) is 0 Å². The lowest BCUT2D eigenvalue weighted by atomic mass is 10.2. The first-order valence-corrected chi connectivity index (χ1v) is 6.28. The summed E-state index contributed by atoms with van der Waals surface area (Å²) in [6, 6.07) is 5.40. The molecule has 19 heavy (non-hydrogen) atoms. The summed E-state index contributed by atoms with van der Waals surface area (Å²) in [5, 5.41) is 0.517. The van der Waals surface area contributed by atoms with Crippen LogP contribution >= 0.6 is 11.6 Å². The third kappa shape index (κ3) is 3.32. The van der Waals surface area contributed by atoms with Gasteiger partial charge in [0, 0.05) is 5.56 Å². The van der Waals surface area contributed by atoms with Crippen molar-refractivity contribution in [2.75, 3.05) is 5.73 Å². The molecule has 0 bridgehead atoms. The van der Waals surface area contributed by atoms with Crippen molar-refractivity contribution in [1.29, 1.82) is 0 Å². The predicted molar refractivity (Wildman–Crippen MR) is 75.2 cm³/mol. The quantitative estimate of drug-likeness (QED) is 0.934. The zero-order valence-corrected chi connectivity index (χ0v) is 11.8. The highest BCUT2D eigenvalue weighted by Crippen LogP contribution is 2.29. The molecule has 0 radical (unpaired) electrons. The van der Waals surface area contributed by atoms with E-state index in [-0.39, 0.29) is 12.1 Å². The molecule has 5 nitrogen and oxygen atoms in total. The van der Waals surface area contributed by atoms with Crippen molar-refractivity contribution in [3.63, 3.8) is 0 Å². The fraction of sp³-hybridized carbons (Fsp3) is 0.308. The molecule has 0 aliphatic heterocycles. The smallest absolute Gasteiger partial charge is 0.223 e. The van der Waals surface area contributed by atoms with Crippen molar-refractivity contribution in [2.24, 2.45) is 0 Å². The zero-order chi connectivity index (χ0) is 14.0. The number of nitrogens with zero attached hydrogens (tertiary/aromatic N) is 3. The van der Waals surface area contributed by atoms with E-state index in [2.05, 4.69) is 15.0 Å². The van der Waals surface area contributed by atoms with Gasteiger partial charge in [-0.3, -0.25) is 0 Å². The molecule has 0 aliphatic rings. The van der Waals surface area contributed by atoms with Gasteiger partial charge in [0.2, 0.25) is 5.95 Å². The summed E-state index contributed by atoms with van der Waals surface area (Å²) >= 11 is 6.18. The molecule has 0 aliphatic carbocycles. The highest BCUT2D eigenvalue weighted by atomic mass is 35.5. The molecule has 0 saturated carbocycles. The fourth-order valence-corrected chi connectivity index (χ4v) is 1.85. The van der Waals surface area contributed by atoms with Gasteiger partial charge in [-0.1, -0.05) is 11.6 Å². The molecule has 0 spiro atoms. The Bertz CT molecular complexity index is 581. The highest BCUT2D eigenvalue weighted by molar-refractivity contribution is 6.32. The van der Waals surface area contributed by atoms with E-state index in [0.717, 1.165) is 5.56 Å². The third-order valence-electron chi connectivity index (χ3n) is 2.32. The maximum absolute atomic E-state index is 6.18. The first-order valence-electron chi connectivity index (χ1n) is 5.90. The Balaban J connectivity index is 2.38. The van der Waals surface area contributed by atoms with Crippen molar-refractivity contribution >= 4 is 17.5 Å². The Hall–Kier alpha value is -1.88. The Labute approximate surface area is 116 Å². The molecular weight excluding hydrogens is 264 g/mol. The van der Waals surface area contributed by atoms with Crippen LogP contribution in [0.15, 0.2) is 18.2 Å². The van der Waals surface area contributed by atoms with Gasteiger partial charge in [-0.15, -0.1) is 0 Å². The van der Waals surface area contributed by atoms with Gasteiger partial charge in [0.25, 0.3) is 0 Å². The van der Waals surface area contributed by atoms with Crippen LogP contribution in [0.4, 0.5) is 5.95 Å². The largest absolute Gasteiger partial charge is 0.489 e. The van der Waals surface area contributed by atoms with Gasteiger partial charge in [0.05, 0.1) is 11.1 Å². The van der Waals surface area contributed by atoms with E-state index in [1.54, 1.807) is 19.1 Å². The van der Waals surface area contributed by atoms with E-state index in [1.165, 1.54) is 0 Å². The number of aromatic nitrogens is 3. The van der Waals surface area contributed by atoms with Crippen LogP contribution in [-0.2, 0) is 0 Å². The Morgan fingerprint density at radius 1 is 1.21 bits per heavy atom. The van der Waals surface area contributed by atoms with E-state index in [4.69, 9.17) is 22.1 Å². The second-order valence-electron chi connectivity index (χ2n) is 4.38. The lowest BCUT2D eigenvalue weighted by Gasteiger charge is -2.12. The van der Waals surface area contributed by atoms with E-state index in [1.807, 2.05) is 19.9 Å². The average molecular weight is 279 g/mol. The topological polar surface area (TPSA) is 73.9 Å². The number of benzene rings is 1. The lowest BCUT2D eigenvalue weighted by Crippen LogP contribution is -2.06. The van der Waals surface area contributed by atoms with Crippen molar-refractivity contribution in [2.45, 2.75) is 26.9 Å². The molecule has 6 heteroatoms. The summed E-state index contributed by atoms with van der Waals surface area (Å²) in [6.07, 6.45) is 0.0680. The van der Waals surface area contributed by atoms with Crippen LogP contribution in [0.25, 0.3) is 11.4 Å². The van der Waals surface area contributed by atoms with Gasteiger partial charge >= 0.3 is 0 Å². The fourth-order valence-electron chi connectivity index (χ4n) is 1.62.